The summed E-state index contributed by atoms with van der Waals surface area (Å²) >= 11 is 0. The molecule has 0 spiro atoms. The molecule has 1 aromatic rings. The molecule has 1 rings (SSSR count). The lowest BCUT2D eigenvalue weighted by Crippen LogP contribution is -2.41. The van der Waals surface area contributed by atoms with Gasteiger partial charge in [-0.05, 0) is 19.5 Å². The van der Waals surface area contributed by atoms with Crippen LogP contribution in [0, 0.1) is 5.82 Å². The molecule has 96 valence electrons. The zero-order valence-corrected chi connectivity index (χ0v) is 10.4. The number of benzene rings is 1. The molecule has 0 aliphatic heterocycles. The Kier molecular flexibility index (Phi) is 5.55. The van der Waals surface area contributed by atoms with Gasteiger partial charge in [-0.25, -0.2) is 4.39 Å². The van der Waals surface area contributed by atoms with Gasteiger partial charge in [0.05, 0.1) is 18.8 Å². The predicted molar refractivity (Wildman–Crippen MR) is 65.2 cm³/mol. The normalized spacial score (nSPS) is 14.6. The standard InChI is InChI=1S/C13H20FNO2/c1-3-15-9-13(2,16)10-17-8-11-6-4-5-7-12(11)14/h4-7,15-16H,3,8-10H2,1-2H3. The van der Waals surface area contributed by atoms with E-state index >= 15 is 0 Å². The van der Waals surface area contributed by atoms with Gasteiger partial charge in [0.15, 0.2) is 0 Å². The van der Waals surface area contributed by atoms with Crippen molar-refractivity contribution in [1.29, 1.82) is 0 Å². The van der Waals surface area contributed by atoms with Crippen molar-refractivity contribution < 1.29 is 14.2 Å². The van der Waals surface area contributed by atoms with Gasteiger partial charge in [-0.15, -0.1) is 0 Å². The fraction of sp³-hybridized carbons (Fsp3) is 0.538. The first-order valence-electron chi connectivity index (χ1n) is 5.79. The maximum absolute atomic E-state index is 13.3. The second-order valence-electron chi connectivity index (χ2n) is 4.36. The van der Waals surface area contributed by atoms with E-state index in [9.17, 15) is 9.50 Å². The predicted octanol–water partition coefficient (Wildman–Crippen LogP) is 1.70. The van der Waals surface area contributed by atoms with Crippen LogP contribution in [0.5, 0.6) is 0 Å². The fourth-order valence-electron chi connectivity index (χ4n) is 1.44. The van der Waals surface area contributed by atoms with E-state index in [-0.39, 0.29) is 19.0 Å². The van der Waals surface area contributed by atoms with Gasteiger partial charge < -0.3 is 15.2 Å². The third-order valence-corrected chi connectivity index (χ3v) is 2.38. The van der Waals surface area contributed by atoms with Gasteiger partial charge in [-0.2, -0.15) is 0 Å². The summed E-state index contributed by atoms with van der Waals surface area (Å²) in [5.41, 5.74) is -0.423. The average Bonchev–Trinajstić information content (AvgIpc) is 2.29. The van der Waals surface area contributed by atoms with E-state index in [2.05, 4.69) is 5.32 Å². The molecule has 0 amide bonds. The molecule has 0 saturated heterocycles. The number of aliphatic hydroxyl groups is 1. The molecule has 0 aromatic heterocycles. The molecule has 0 fully saturated rings. The first-order valence-corrected chi connectivity index (χ1v) is 5.79. The van der Waals surface area contributed by atoms with Gasteiger partial charge >= 0.3 is 0 Å². The largest absolute Gasteiger partial charge is 0.386 e. The number of rotatable bonds is 7. The second-order valence-corrected chi connectivity index (χ2v) is 4.36. The first kappa shape index (κ1) is 14.1. The van der Waals surface area contributed by atoms with Crippen molar-refractivity contribution in [2.24, 2.45) is 0 Å². The Labute approximate surface area is 102 Å². The van der Waals surface area contributed by atoms with E-state index in [1.54, 1.807) is 25.1 Å². The van der Waals surface area contributed by atoms with Gasteiger partial charge in [0.1, 0.15) is 5.82 Å². The van der Waals surface area contributed by atoms with Crippen LogP contribution in [-0.2, 0) is 11.3 Å². The molecule has 17 heavy (non-hydrogen) atoms. The van der Waals surface area contributed by atoms with Gasteiger partial charge in [-0.3, -0.25) is 0 Å². The minimum Gasteiger partial charge on any atom is -0.386 e. The van der Waals surface area contributed by atoms with Crippen LogP contribution in [0.3, 0.4) is 0 Å². The van der Waals surface area contributed by atoms with Crippen LogP contribution in [-0.4, -0.2) is 30.4 Å². The molecule has 2 N–H and O–H groups in total. The van der Waals surface area contributed by atoms with E-state index in [0.717, 1.165) is 6.54 Å². The SMILES string of the molecule is CCNCC(C)(O)COCc1ccccc1F. The molecule has 0 aliphatic carbocycles. The molecule has 3 nitrogen and oxygen atoms in total. The highest BCUT2D eigenvalue weighted by Crippen LogP contribution is 2.09. The lowest BCUT2D eigenvalue weighted by Gasteiger charge is -2.23. The minimum atomic E-state index is -0.929. The highest BCUT2D eigenvalue weighted by atomic mass is 19.1. The number of hydrogen-bond acceptors (Lipinski definition) is 3. The molecule has 0 radical (unpaired) electrons. The Morgan fingerprint density at radius 3 is 2.76 bits per heavy atom. The number of halogens is 1. The zero-order valence-electron chi connectivity index (χ0n) is 10.4. The van der Waals surface area contributed by atoms with E-state index < -0.39 is 5.60 Å². The molecule has 1 unspecified atom stereocenters. The van der Waals surface area contributed by atoms with E-state index in [4.69, 9.17) is 4.74 Å². The summed E-state index contributed by atoms with van der Waals surface area (Å²) in [6, 6.07) is 6.47. The smallest absolute Gasteiger partial charge is 0.128 e. The topological polar surface area (TPSA) is 41.5 Å². The first-order chi connectivity index (χ1) is 8.05. The minimum absolute atomic E-state index is 0.175. The Morgan fingerprint density at radius 2 is 2.12 bits per heavy atom. The van der Waals surface area contributed by atoms with Crippen LogP contribution in [0.25, 0.3) is 0 Å². The van der Waals surface area contributed by atoms with Crippen molar-refractivity contribution in [3.63, 3.8) is 0 Å². The van der Waals surface area contributed by atoms with Gasteiger partial charge in [-0.1, -0.05) is 25.1 Å². The van der Waals surface area contributed by atoms with Crippen LogP contribution < -0.4 is 5.32 Å². The Balaban J connectivity index is 2.35. The van der Waals surface area contributed by atoms with Crippen molar-refractivity contribution >= 4 is 0 Å². The lowest BCUT2D eigenvalue weighted by molar-refractivity contribution is -0.0382. The number of ether oxygens (including phenoxy) is 1. The third kappa shape index (κ3) is 5.26. The van der Waals surface area contributed by atoms with Crippen molar-refractivity contribution in [3.8, 4) is 0 Å². The van der Waals surface area contributed by atoms with E-state index in [1.165, 1.54) is 6.07 Å². The summed E-state index contributed by atoms with van der Waals surface area (Å²) in [6.07, 6.45) is 0. The molecule has 0 bridgehead atoms. The van der Waals surface area contributed by atoms with E-state index in [1.807, 2.05) is 6.92 Å². The summed E-state index contributed by atoms with van der Waals surface area (Å²) in [7, 11) is 0. The summed E-state index contributed by atoms with van der Waals surface area (Å²) < 4.78 is 18.6. The Morgan fingerprint density at radius 1 is 1.41 bits per heavy atom. The van der Waals surface area contributed by atoms with Crippen LogP contribution in [0.2, 0.25) is 0 Å². The third-order valence-electron chi connectivity index (χ3n) is 2.38. The van der Waals surface area contributed by atoms with Crippen molar-refractivity contribution in [2.75, 3.05) is 19.7 Å². The average molecular weight is 241 g/mol. The molecule has 0 aliphatic rings. The molecular weight excluding hydrogens is 221 g/mol. The van der Waals surface area contributed by atoms with E-state index in [0.29, 0.717) is 12.1 Å². The summed E-state index contributed by atoms with van der Waals surface area (Å²) in [5, 5.41) is 13.0. The Bertz CT molecular complexity index is 342. The van der Waals surface area contributed by atoms with Crippen LogP contribution in [0.4, 0.5) is 4.39 Å². The Hall–Kier alpha value is -0.970. The molecule has 0 saturated carbocycles. The van der Waals surface area contributed by atoms with Gasteiger partial charge in [0.25, 0.3) is 0 Å². The maximum Gasteiger partial charge on any atom is 0.128 e. The zero-order chi connectivity index (χ0) is 12.7. The van der Waals surface area contributed by atoms with Crippen LogP contribution in [0.1, 0.15) is 19.4 Å². The van der Waals surface area contributed by atoms with Crippen LogP contribution in [0.15, 0.2) is 24.3 Å². The second kappa shape index (κ2) is 6.69. The maximum atomic E-state index is 13.3. The summed E-state index contributed by atoms with van der Waals surface area (Å²) in [6.45, 7) is 5.26. The number of nitrogens with one attached hydrogen (secondary N) is 1. The molecule has 0 heterocycles. The summed E-state index contributed by atoms with van der Waals surface area (Å²) in [4.78, 5) is 0. The summed E-state index contributed by atoms with van der Waals surface area (Å²) in [5.74, 6) is -0.279. The number of hydrogen-bond donors (Lipinski definition) is 2. The lowest BCUT2D eigenvalue weighted by atomic mass is 10.1. The monoisotopic (exact) mass is 241 g/mol. The van der Waals surface area contributed by atoms with Gasteiger partial charge in [0, 0.05) is 12.1 Å². The quantitative estimate of drug-likeness (QED) is 0.763. The van der Waals surface area contributed by atoms with Gasteiger partial charge in [0.2, 0.25) is 0 Å². The highest BCUT2D eigenvalue weighted by molar-refractivity contribution is 5.16. The van der Waals surface area contributed by atoms with Crippen LogP contribution >= 0.6 is 0 Å². The van der Waals surface area contributed by atoms with Crippen molar-refractivity contribution in [2.45, 2.75) is 26.1 Å². The van der Waals surface area contributed by atoms with Crippen molar-refractivity contribution in [1.82, 2.24) is 5.32 Å². The number of likely N-dealkylation sites (N-methyl/N-ethyl adjacent to an activating group) is 1. The fourth-order valence-corrected chi connectivity index (χ4v) is 1.44. The molecule has 1 aromatic carbocycles. The van der Waals surface area contributed by atoms with Crippen molar-refractivity contribution in [3.05, 3.63) is 35.6 Å². The highest BCUT2D eigenvalue weighted by Gasteiger charge is 2.19. The molecule has 1 atom stereocenters. The molecular formula is C13H20FNO2. The molecule has 4 heteroatoms.